The highest BCUT2D eigenvalue weighted by Crippen LogP contribution is 2.27. The van der Waals surface area contributed by atoms with Gasteiger partial charge in [0.15, 0.2) is 0 Å². The van der Waals surface area contributed by atoms with Gasteiger partial charge in [-0.2, -0.15) is 0 Å². The summed E-state index contributed by atoms with van der Waals surface area (Å²) in [6, 6.07) is 8.86. The van der Waals surface area contributed by atoms with Gasteiger partial charge < -0.3 is 31.2 Å². The van der Waals surface area contributed by atoms with Crippen LogP contribution in [0.4, 0.5) is 28.4 Å². The highest BCUT2D eigenvalue weighted by atomic mass is 35.5. The van der Waals surface area contributed by atoms with Crippen LogP contribution >= 0.6 is 11.6 Å². The number of anilines is 3. The molecule has 0 spiro atoms. The molecule has 0 aliphatic carbocycles. The van der Waals surface area contributed by atoms with Crippen molar-refractivity contribution in [2.45, 2.75) is 0 Å². The fourth-order valence-corrected chi connectivity index (χ4v) is 3.11. The molecule has 2 aromatic carbocycles. The third-order valence-corrected chi connectivity index (χ3v) is 4.85. The van der Waals surface area contributed by atoms with E-state index in [0.717, 1.165) is 45.1 Å². The Bertz CT molecular complexity index is 926. The fourth-order valence-electron chi connectivity index (χ4n) is 2.93. The Balaban J connectivity index is 0.000000195. The van der Waals surface area contributed by atoms with Crippen molar-refractivity contribution in [1.82, 2.24) is 5.32 Å². The fraction of sp³-hybridized carbons (Fsp3) is 0.400. The van der Waals surface area contributed by atoms with E-state index < -0.39 is 9.85 Å². The first-order valence-electron chi connectivity index (χ1n) is 10.1. The monoisotopic (exact) mass is 482 g/mol. The molecule has 0 radical (unpaired) electrons. The lowest BCUT2D eigenvalue weighted by molar-refractivity contribution is -0.384. The number of morpholine rings is 2. The molecule has 0 amide bonds. The molecule has 2 aliphatic heterocycles. The normalized spacial score (nSPS) is 15.4. The van der Waals surface area contributed by atoms with Gasteiger partial charge in [-0.1, -0.05) is 11.6 Å². The van der Waals surface area contributed by atoms with E-state index in [4.69, 9.17) is 32.5 Å². The Hall–Kier alpha value is -3.19. The molecule has 2 fully saturated rings. The van der Waals surface area contributed by atoms with Crippen LogP contribution in [-0.4, -0.2) is 62.5 Å². The number of nitrogens with two attached hydrogens (primary N) is 2. The number of rotatable bonds is 3. The second-order valence-corrected chi connectivity index (χ2v) is 7.36. The number of hydrogen-bond acceptors (Lipinski definition) is 10. The maximum Gasteiger partial charge on any atom is 0.292 e. The molecule has 5 N–H and O–H groups in total. The molecule has 180 valence electrons. The van der Waals surface area contributed by atoms with Crippen molar-refractivity contribution < 1.29 is 19.3 Å². The van der Waals surface area contributed by atoms with Gasteiger partial charge in [0.25, 0.3) is 11.4 Å². The van der Waals surface area contributed by atoms with Gasteiger partial charge in [0.05, 0.1) is 36.3 Å². The van der Waals surface area contributed by atoms with Crippen molar-refractivity contribution >= 4 is 40.0 Å². The number of hydrogen-bond donors (Lipinski definition) is 3. The number of halogens is 1. The van der Waals surface area contributed by atoms with Crippen molar-refractivity contribution in [3.63, 3.8) is 0 Å². The van der Waals surface area contributed by atoms with Crippen LogP contribution in [0, 0.1) is 20.2 Å². The first-order valence-corrected chi connectivity index (χ1v) is 10.5. The molecule has 33 heavy (non-hydrogen) atoms. The maximum atomic E-state index is 10.6. The average Bonchev–Trinajstić information content (AvgIpc) is 2.81. The molecule has 2 aliphatic rings. The summed E-state index contributed by atoms with van der Waals surface area (Å²) in [5.41, 5.74) is 12.0. The largest absolute Gasteiger partial charge is 0.393 e. The Morgan fingerprint density at radius 3 is 1.79 bits per heavy atom. The molecule has 0 bridgehead atoms. The van der Waals surface area contributed by atoms with Crippen LogP contribution in [-0.2, 0) is 9.47 Å². The summed E-state index contributed by atoms with van der Waals surface area (Å²) >= 11 is 5.52. The molecular weight excluding hydrogens is 456 g/mol. The van der Waals surface area contributed by atoms with Crippen LogP contribution in [0.5, 0.6) is 0 Å². The number of ether oxygens (including phenoxy) is 2. The lowest BCUT2D eigenvalue weighted by Crippen LogP contribution is -2.36. The number of nitro benzene ring substituents is 2. The quantitative estimate of drug-likeness (QED) is 0.335. The van der Waals surface area contributed by atoms with Crippen LogP contribution in [0.1, 0.15) is 0 Å². The molecular formula is C20H27ClN6O6. The van der Waals surface area contributed by atoms with Crippen molar-refractivity contribution in [3.8, 4) is 0 Å². The second-order valence-electron chi connectivity index (χ2n) is 6.92. The Morgan fingerprint density at radius 2 is 1.36 bits per heavy atom. The van der Waals surface area contributed by atoms with Crippen molar-refractivity contribution in [3.05, 3.63) is 61.6 Å². The van der Waals surface area contributed by atoms with E-state index in [1.807, 2.05) is 0 Å². The van der Waals surface area contributed by atoms with E-state index in [2.05, 4.69) is 10.2 Å². The second kappa shape index (κ2) is 13.4. The molecule has 0 saturated carbocycles. The highest BCUT2D eigenvalue weighted by molar-refractivity contribution is 6.30. The van der Waals surface area contributed by atoms with Crippen molar-refractivity contribution in [2.24, 2.45) is 0 Å². The summed E-state index contributed by atoms with van der Waals surface area (Å²) in [6.45, 7) is 6.77. The molecule has 2 aromatic rings. The smallest absolute Gasteiger partial charge is 0.292 e. The van der Waals surface area contributed by atoms with Crippen molar-refractivity contribution in [1.29, 1.82) is 0 Å². The minimum absolute atomic E-state index is 0.0444. The number of nitrogens with zero attached hydrogens (tertiary/aromatic N) is 3. The first kappa shape index (κ1) is 26.1. The van der Waals surface area contributed by atoms with Gasteiger partial charge in [-0.05, 0) is 24.3 Å². The van der Waals surface area contributed by atoms with E-state index in [1.54, 1.807) is 12.1 Å². The summed E-state index contributed by atoms with van der Waals surface area (Å²) in [5, 5.41) is 24.4. The predicted octanol–water partition coefficient (Wildman–Crippen LogP) is 2.45. The summed E-state index contributed by atoms with van der Waals surface area (Å²) in [4.78, 5) is 21.9. The zero-order valence-corrected chi connectivity index (χ0v) is 18.7. The minimum Gasteiger partial charge on any atom is -0.393 e. The summed E-state index contributed by atoms with van der Waals surface area (Å²) in [6.07, 6.45) is 0. The van der Waals surface area contributed by atoms with Crippen LogP contribution < -0.4 is 21.7 Å². The Labute approximate surface area is 195 Å². The van der Waals surface area contributed by atoms with Crippen LogP contribution in [0.3, 0.4) is 0 Å². The van der Waals surface area contributed by atoms with E-state index in [1.165, 1.54) is 24.3 Å². The van der Waals surface area contributed by atoms with E-state index >= 15 is 0 Å². The number of nitrogens with one attached hydrogen (secondary N) is 1. The number of nitro groups is 2. The standard InChI is InChI=1S/C10H13N3O3.C6H5ClN2O2.C4H9NO/c11-9-7-8(1-2-10(9)13(14)15)12-3-5-16-6-4-12;7-4-1-2-6(9(10)11)5(8)3-4;1-3-6-4-2-5-1/h1-2,7H,3-6,11H2;1-3H,8H2;5H,1-4H2. The Morgan fingerprint density at radius 1 is 0.848 bits per heavy atom. The van der Waals surface area contributed by atoms with Crippen molar-refractivity contribution in [2.75, 3.05) is 69.0 Å². The zero-order valence-electron chi connectivity index (χ0n) is 17.9. The lowest BCUT2D eigenvalue weighted by Gasteiger charge is -2.28. The van der Waals surface area contributed by atoms with Crippen LogP contribution in [0.2, 0.25) is 5.02 Å². The van der Waals surface area contributed by atoms with E-state index in [9.17, 15) is 20.2 Å². The van der Waals surface area contributed by atoms with Crippen LogP contribution in [0.25, 0.3) is 0 Å². The number of nitrogen functional groups attached to an aromatic ring is 2. The van der Waals surface area contributed by atoms with E-state index in [-0.39, 0.29) is 22.7 Å². The van der Waals surface area contributed by atoms with Gasteiger partial charge in [0.2, 0.25) is 0 Å². The highest BCUT2D eigenvalue weighted by Gasteiger charge is 2.16. The summed E-state index contributed by atoms with van der Waals surface area (Å²) < 4.78 is 10.2. The predicted molar refractivity (Wildman–Crippen MR) is 127 cm³/mol. The van der Waals surface area contributed by atoms with Gasteiger partial charge in [-0.25, -0.2) is 0 Å². The van der Waals surface area contributed by atoms with Crippen LogP contribution in [0.15, 0.2) is 36.4 Å². The van der Waals surface area contributed by atoms with Gasteiger partial charge >= 0.3 is 0 Å². The van der Waals surface area contributed by atoms with Gasteiger partial charge in [-0.3, -0.25) is 20.2 Å². The van der Waals surface area contributed by atoms with Gasteiger partial charge in [-0.15, -0.1) is 0 Å². The molecule has 4 rings (SSSR count). The third-order valence-electron chi connectivity index (χ3n) is 4.62. The molecule has 0 aromatic heterocycles. The van der Waals surface area contributed by atoms with E-state index in [0.29, 0.717) is 18.2 Å². The summed E-state index contributed by atoms with van der Waals surface area (Å²) in [7, 11) is 0. The Kier molecular flexibility index (Phi) is 10.6. The summed E-state index contributed by atoms with van der Waals surface area (Å²) in [5.74, 6) is 0. The van der Waals surface area contributed by atoms with Gasteiger partial charge in [0, 0.05) is 49.0 Å². The zero-order chi connectivity index (χ0) is 24.2. The average molecular weight is 483 g/mol. The first-order chi connectivity index (χ1) is 15.8. The number of benzene rings is 2. The molecule has 12 nitrogen and oxygen atoms in total. The molecule has 13 heteroatoms. The van der Waals surface area contributed by atoms with Gasteiger partial charge in [0.1, 0.15) is 11.4 Å². The SMILES string of the molecule is C1COCCN1.Nc1cc(Cl)ccc1[N+](=O)[O-].Nc1cc(N2CCOCC2)ccc1[N+](=O)[O-]. The lowest BCUT2D eigenvalue weighted by atomic mass is 10.2. The minimum atomic E-state index is -0.550. The molecule has 0 atom stereocenters. The molecule has 2 saturated heterocycles. The maximum absolute atomic E-state index is 10.6. The topological polar surface area (TPSA) is 172 Å². The molecule has 0 unspecified atom stereocenters. The molecule has 2 heterocycles. The third kappa shape index (κ3) is 8.69.